The van der Waals surface area contributed by atoms with Crippen molar-refractivity contribution in [2.45, 2.75) is 20.3 Å². The smallest absolute Gasteiger partial charge is 0.0346 e. The first-order valence-electron chi connectivity index (χ1n) is 6.03. The Morgan fingerprint density at radius 3 is 2.94 bits per heavy atom. The lowest BCUT2D eigenvalue weighted by Crippen LogP contribution is -2.21. The van der Waals surface area contributed by atoms with Gasteiger partial charge in [-0.15, -0.1) is 11.3 Å². The summed E-state index contributed by atoms with van der Waals surface area (Å²) in [5.41, 5.74) is 1.46. The Hall–Kier alpha value is -0.380. The van der Waals surface area contributed by atoms with Crippen molar-refractivity contribution < 1.29 is 0 Å². The topological polar surface area (TPSA) is 12.0 Å². The molecule has 0 saturated carbocycles. The van der Waals surface area contributed by atoms with E-state index in [1.54, 1.807) is 0 Å². The first-order valence-corrected chi connectivity index (χ1v) is 7.70. The van der Waals surface area contributed by atoms with Crippen LogP contribution >= 0.6 is 27.3 Å². The molecule has 0 aliphatic heterocycles. The Morgan fingerprint density at radius 1 is 1.35 bits per heavy atom. The monoisotopic (exact) mass is 311 g/mol. The fraction of sp³-hybridized carbons (Fsp3) is 0.429. The minimum Gasteiger partial charge on any atom is -0.316 e. The summed E-state index contributed by atoms with van der Waals surface area (Å²) in [6.07, 6.45) is 1.11. The van der Waals surface area contributed by atoms with Gasteiger partial charge < -0.3 is 5.32 Å². The highest BCUT2D eigenvalue weighted by atomic mass is 79.9. The molecule has 2 aromatic rings. The van der Waals surface area contributed by atoms with Crippen LogP contribution in [0.4, 0.5) is 0 Å². The van der Waals surface area contributed by atoms with E-state index in [1.165, 1.54) is 20.1 Å². The Kier molecular flexibility index (Phi) is 4.60. The van der Waals surface area contributed by atoms with Crippen LogP contribution in [0.2, 0.25) is 0 Å². The lowest BCUT2D eigenvalue weighted by atomic mass is 10.1. The Labute approximate surface area is 115 Å². The van der Waals surface area contributed by atoms with E-state index in [0.717, 1.165) is 25.4 Å². The van der Waals surface area contributed by atoms with E-state index < -0.39 is 0 Å². The van der Waals surface area contributed by atoms with E-state index in [2.05, 4.69) is 58.7 Å². The summed E-state index contributed by atoms with van der Waals surface area (Å²) in [6.45, 7) is 6.65. The van der Waals surface area contributed by atoms with Crippen molar-refractivity contribution >= 4 is 37.4 Å². The van der Waals surface area contributed by atoms with E-state index in [-0.39, 0.29) is 0 Å². The minimum absolute atomic E-state index is 0.725. The molecule has 0 unspecified atom stereocenters. The molecule has 92 valence electrons. The third-order valence-electron chi connectivity index (χ3n) is 2.74. The van der Waals surface area contributed by atoms with Crippen molar-refractivity contribution in [2.75, 3.05) is 13.1 Å². The fourth-order valence-electron chi connectivity index (χ4n) is 1.86. The molecule has 0 saturated heterocycles. The van der Waals surface area contributed by atoms with Crippen molar-refractivity contribution in [1.29, 1.82) is 0 Å². The quantitative estimate of drug-likeness (QED) is 0.804. The van der Waals surface area contributed by atoms with Gasteiger partial charge in [0, 0.05) is 9.17 Å². The second-order valence-corrected chi connectivity index (χ2v) is 6.58. The van der Waals surface area contributed by atoms with Crippen LogP contribution in [0, 0.1) is 5.92 Å². The largest absolute Gasteiger partial charge is 0.316 e. The summed E-state index contributed by atoms with van der Waals surface area (Å²) in [5, 5.41) is 7.18. The van der Waals surface area contributed by atoms with Gasteiger partial charge in [-0.1, -0.05) is 29.8 Å². The number of thiophene rings is 1. The maximum Gasteiger partial charge on any atom is 0.0346 e. The van der Waals surface area contributed by atoms with Crippen LogP contribution in [-0.2, 0) is 6.42 Å². The summed E-state index contributed by atoms with van der Waals surface area (Å²) in [7, 11) is 0. The first kappa shape index (κ1) is 13.1. The van der Waals surface area contributed by atoms with Crippen molar-refractivity contribution in [1.82, 2.24) is 5.32 Å². The van der Waals surface area contributed by atoms with Crippen molar-refractivity contribution in [3.63, 3.8) is 0 Å². The number of rotatable bonds is 5. The normalized spacial score (nSPS) is 11.5. The van der Waals surface area contributed by atoms with Crippen LogP contribution in [0.25, 0.3) is 10.1 Å². The molecule has 2 rings (SSSR count). The molecule has 0 bridgehead atoms. The van der Waals surface area contributed by atoms with Gasteiger partial charge >= 0.3 is 0 Å². The van der Waals surface area contributed by atoms with Crippen molar-refractivity contribution in [3.05, 3.63) is 33.6 Å². The number of benzene rings is 1. The summed E-state index contributed by atoms with van der Waals surface area (Å²) >= 11 is 5.38. The van der Waals surface area contributed by atoms with Gasteiger partial charge in [0.05, 0.1) is 0 Å². The van der Waals surface area contributed by atoms with Crippen LogP contribution in [0.15, 0.2) is 28.1 Å². The van der Waals surface area contributed by atoms with Gasteiger partial charge in [-0.05, 0) is 60.0 Å². The molecule has 0 atom stereocenters. The van der Waals surface area contributed by atoms with Crippen LogP contribution < -0.4 is 5.32 Å². The molecule has 0 aliphatic rings. The second kappa shape index (κ2) is 5.98. The zero-order chi connectivity index (χ0) is 12.3. The maximum absolute atomic E-state index is 3.54. The SMILES string of the molecule is CC(C)CNCCc1csc2ccc(Br)cc12. The second-order valence-electron chi connectivity index (χ2n) is 4.75. The molecule has 0 radical (unpaired) electrons. The summed E-state index contributed by atoms with van der Waals surface area (Å²) in [4.78, 5) is 0. The highest BCUT2D eigenvalue weighted by Gasteiger charge is 2.04. The molecule has 0 aliphatic carbocycles. The van der Waals surface area contributed by atoms with Crippen molar-refractivity contribution in [3.8, 4) is 0 Å². The molecule has 1 N–H and O–H groups in total. The van der Waals surface area contributed by atoms with Crippen LogP contribution in [-0.4, -0.2) is 13.1 Å². The Balaban J connectivity index is 2.01. The summed E-state index contributed by atoms with van der Waals surface area (Å²) in [6, 6.07) is 6.53. The zero-order valence-electron chi connectivity index (χ0n) is 10.3. The van der Waals surface area contributed by atoms with E-state index >= 15 is 0 Å². The molecule has 1 aromatic carbocycles. The Bertz CT molecular complexity index is 490. The number of hydrogen-bond donors (Lipinski definition) is 1. The fourth-order valence-corrected chi connectivity index (χ4v) is 3.20. The van der Waals surface area contributed by atoms with Gasteiger partial charge in [0.25, 0.3) is 0 Å². The van der Waals surface area contributed by atoms with Crippen LogP contribution in [0.3, 0.4) is 0 Å². The number of fused-ring (bicyclic) bond motifs is 1. The molecule has 0 amide bonds. The molecule has 3 heteroatoms. The predicted molar refractivity (Wildman–Crippen MR) is 80.9 cm³/mol. The number of halogens is 1. The summed E-state index contributed by atoms with van der Waals surface area (Å²) < 4.78 is 2.55. The highest BCUT2D eigenvalue weighted by molar-refractivity contribution is 9.10. The standard InChI is InChI=1S/C14H18BrNS/c1-10(2)8-16-6-5-11-9-17-14-4-3-12(15)7-13(11)14/h3-4,7,9-10,16H,5-6,8H2,1-2H3. The van der Waals surface area contributed by atoms with E-state index in [1.807, 2.05) is 11.3 Å². The molecule has 0 fully saturated rings. The number of hydrogen-bond acceptors (Lipinski definition) is 2. The molecule has 0 spiro atoms. The molecule has 1 nitrogen and oxygen atoms in total. The third kappa shape index (κ3) is 3.54. The highest BCUT2D eigenvalue weighted by Crippen LogP contribution is 2.28. The molecular formula is C14H18BrNS. The summed E-state index contributed by atoms with van der Waals surface area (Å²) in [5.74, 6) is 0.725. The molecular weight excluding hydrogens is 294 g/mol. The van der Waals surface area contributed by atoms with Crippen LogP contribution in [0.5, 0.6) is 0 Å². The molecule has 1 heterocycles. The molecule has 1 aromatic heterocycles. The predicted octanol–water partition coefficient (Wildman–Crippen LogP) is 4.45. The van der Waals surface area contributed by atoms with Crippen LogP contribution in [0.1, 0.15) is 19.4 Å². The first-order chi connectivity index (χ1) is 8.16. The lowest BCUT2D eigenvalue weighted by molar-refractivity contribution is 0.555. The number of nitrogens with one attached hydrogen (secondary N) is 1. The molecule has 17 heavy (non-hydrogen) atoms. The van der Waals surface area contributed by atoms with Gasteiger partial charge in [0.1, 0.15) is 0 Å². The van der Waals surface area contributed by atoms with Gasteiger partial charge in [-0.25, -0.2) is 0 Å². The lowest BCUT2D eigenvalue weighted by Gasteiger charge is -2.06. The van der Waals surface area contributed by atoms with Gasteiger partial charge in [0.2, 0.25) is 0 Å². The zero-order valence-corrected chi connectivity index (χ0v) is 12.7. The van der Waals surface area contributed by atoms with Crippen molar-refractivity contribution in [2.24, 2.45) is 5.92 Å². The minimum atomic E-state index is 0.725. The average molecular weight is 312 g/mol. The van der Waals surface area contributed by atoms with E-state index in [0.29, 0.717) is 0 Å². The van der Waals surface area contributed by atoms with Gasteiger partial charge in [-0.3, -0.25) is 0 Å². The maximum atomic E-state index is 3.54. The van der Waals surface area contributed by atoms with E-state index in [9.17, 15) is 0 Å². The third-order valence-corrected chi connectivity index (χ3v) is 4.24. The Morgan fingerprint density at radius 2 is 2.18 bits per heavy atom. The van der Waals surface area contributed by atoms with E-state index in [4.69, 9.17) is 0 Å². The van der Waals surface area contributed by atoms with Gasteiger partial charge in [0.15, 0.2) is 0 Å². The average Bonchev–Trinajstić information content (AvgIpc) is 2.67. The van der Waals surface area contributed by atoms with Gasteiger partial charge in [-0.2, -0.15) is 0 Å².